The van der Waals surface area contributed by atoms with Gasteiger partial charge >= 0.3 is 0 Å². The zero-order valence-electron chi connectivity index (χ0n) is 54.5. The number of carbonyl (C=O) groups is 1. The average molecular weight is 1190 g/mol. The Hall–Kier alpha value is -4.19. The van der Waals surface area contributed by atoms with Crippen LogP contribution in [0.5, 0.6) is 0 Å². The lowest BCUT2D eigenvalue weighted by Gasteiger charge is -2.40. The number of hydrogen-bond acceptors (Lipinski definition) is 8. The van der Waals surface area contributed by atoms with Crippen LogP contribution in [0.25, 0.3) is 0 Å². The molecule has 488 valence electrons. The van der Waals surface area contributed by atoms with Gasteiger partial charge in [-0.05, 0) is 122 Å². The molecule has 0 aliphatic carbocycles. The van der Waals surface area contributed by atoms with Gasteiger partial charge < -0.3 is 40.3 Å². The molecule has 0 saturated carbocycles. The Labute approximate surface area is 526 Å². The first-order valence-electron chi connectivity index (χ1n) is 34.7. The number of nitrogens with one attached hydrogen (secondary N) is 1. The molecule has 9 heteroatoms. The van der Waals surface area contributed by atoms with E-state index in [0.717, 1.165) is 116 Å². The van der Waals surface area contributed by atoms with Crippen LogP contribution in [-0.4, -0.2) is 87.5 Å². The van der Waals surface area contributed by atoms with Gasteiger partial charge in [-0.15, -0.1) is 0 Å². The summed E-state index contributed by atoms with van der Waals surface area (Å²) in [5, 5.41) is 54.7. The molecule has 7 atom stereocenters. The second-order valence-corrected chi connectivity index (χ2v) is 23.2. The van der Waals surface area contributed by atoms with Gasteiger partial charge in [0.15, 0.2) is 6.29 Å². The zero-order chi connectivity index (χ0) is 62.1. The van der Waals surface area contributed by atoms with E-state index in [1.807, 2.05) is 6.08 Å². The summed E-state index contributed by atoms with van der Waals surface area (Å²) >= 11 is 0. The van der Waals surface area contributed by atoms with Gasteiger partial charge in [0, 0.05) is 6.42 Å². The number of allylic oxidation sites excluding steroid dienone is 25. The van der Waals surface area contributed by atoms with E-state index in [0.29, 0.717) is 19.3 Å². The Morgan fingerprint density at radius 2 is 0.733 bits per heavy atom. The number of aliphatic hydroxyl groups is 5. The summed E-state index contributed by atoms with van der Waals surface area (Å²) in [4.78, 5) is 13.1. The minimum atomic E-state index is -1.59. The van der Waals surface area contributed by atoms with Crippen LogP contribution in [0.2, 0.25) is 0 Å². The molecule has 1 aliphatic rings. The minimum absolute atomic E-state index is 0.220. The molecule has 0 radical (unpaired) electrons. The van der Waals surface area contributed by atoms with Gasteiger partial charge in [-0.2, -0.15) is 0 Å². The van der Waals surface area contributed by atoms with E-state index in [1.165, 1.54) is 116 Å². The lowest BCUT2D eigenvalue weighted by atomic mass is 9.99. The quantitative estimate of drug-likeness (QED) is 0.0261. The Bertz CT molecular complexity index is 1920. The Morgan fingerprint density at radius 3 is 1.12 bits per heavy atom. The fourth-order valence-corrected chi connectivity index (χ4v) is 9.92. The van der Waals surface area contributed by atoms with Crippen molar-refractivity contribution in [2.45, 2.75) is 307 Å². The second-order valence-electron chi connectivity index (χ2n) is 23.2. The Balaban J connectivity index is 2.24. The number of ether oxygens (including phenoxy) is 2. The third-order valence-corrected chi connectivity index (χ3v) is 15.3. The van der Waals surface area contributed by atoms with E-state index in [9.17, 15) is 30.3 Å². The number of hydrogen-bond donors (Lipinski definition) is 6. The van der Waals surface area contributed by atoms with Gasteiger partial charge in [0.1, 0.15) is 24.4 Å². The highest BCUT2D eigenvalue weighted by atomic mass is 16.7. The van der Waals surface area contributed by atoms with Crippen molar-refractivity contribution in [3.8, 4) is 0 Å². The van der Waals surface area contributed by atoms with Crippen molar-refractivity contribution < 1.29 is 39.8 Å². The Kier molecular flexibility index (Phi) is 59.2. The molecule has 1 amide bonds. The fourth-order valence-electron chi connectivity index (χ4n) is 9.92. The van der Waals surface area contributed by atoms with Gasteiger partial charge in [0.25, 0.3) is 0 Å². The summed E-state index contributed by atoms with van der Waals surface area (Å²) in [7, 11) is 0. The largest absolute Gasteiger partial charge is 0.394 e. The Morgan fingerprint density at radius 1 is 0.407 bits per heavy atom. The van der Waals surface area contributed by atoms with E-state index < -0.39 is 49.5 Å². The first kappa shape index (κ1) is 79.8. The highest BCUT2D eigenvalue weighted by molar-refractivity contribution is 5.76. The average Bonchev–Trinajstić information content (AvgIpc) is 3.65. The summed E-state index contributed by atoms with van der Waals surface area (Å²) < 4.78 is 11.3. The number of rotatable bonds is 58. The minimum Gasteiger partial charge on any atom is -0.394 e. The molecule has 86 heavy (non-hydrogen) atoms. The summed E-state index contributed by atoms with van der Waals surface area (Å²) in [5.41, 5.74) is 0. The molecule has 1 aliphatic heterocycles. The van der Waals surface area contributed by atoms with Crippen LogP contribution in [0.1, 0.15) is 264 Å². The topological polar surface area (TPSA) is 149 Å². The molecule has 9 nitrogen and oxygen atoms in total. The smallest absolute Gasteiger partial charge is 0.220 e. The van der Waals surface area contributed by atoms with E-state index in [4.69, 9.17) is 9.47 Å². The number of unbranched alkanes of at least 4 members (excludes halogenated alkanes) is 24. The first-order valence-corrected chi connectivity index (χ1v) is 34.7. The van der Waals surface area contributed by atoms with Crippen LogP contribution >= 0.6 is 0 Å². The maximum absolute atomic E-state index is 13.1. The summed E-state index contributed by atoms with van der Waals surface area (Å²) in [6.07, 6.45) is 93.4. The lowest BCUT2D eigenvalue weighted by Crippen LogP contribution is -2.60. The molecular weight excluding hydrogens is 1070 g/mol. The van der Waals surface area contributed by atoms with Crippen LogP contribution < -0.4 is 5.32 Å². The van der Waals surface area contributed by atoms with Crippen molar-refractivity contribution in [1.82, 2.24) is 5.32 Å². The maximum atomic E-state index is 13.1. The van der Waals surface area contributed by atoms with Crippen LogP contribution in [0.4, 0.5) is 0 Å². The maximum Gasteiger partial charge on any atom is 0.220 e. The SMILES string of the molecule is CC/C=C\C/C=C\C/C=C\C/C=C\C/C=C\C/C=C\C/C=C\C/C=C\C/C=C\C/C=C\CCCCCCC(=O)NC(COC1OC(CO)C(O)C(O)C1O)C(O)/C=C/CC/C=C/CC/C=C/CCCCCCCCCCCCCCCCCCCC. The fraction of sp³-hybridized carbons (Fsp3) is 0.649. The van der Waals surface area contributed by atoms with Crippen molar-refractivity contribution in [3.63, 3.8) is 0 Å². The van der Waals surface area contributed by atoms with Crippen LogP contribution in [0.3, 0.4) is 0 Å². The summed E-state index contributed by atoms with van der Waals surface area (Å²) in [5.74, 6) is -0.220. The van der Waals surface area contributed by atoms with Crippen molar-refractivity contribution in [1.29, 1.82) is 0 Å². The highest BCUT2D eigenvalue weighted by Crippen LogP contribution is 2.23. The van der Waals surface area contributed by atoms with Crippen molar-refractivity contribution in [3.05, 3.63) is 158 Å². The molecule has 1 saturated heterocycles. The van der Waals surface area contributed by atoms with E-state index >= 15 is 0 Å². The van der Waals surface area contributed by atoms with Crippen LogP contribution in [0.15, 0.2) is 158 Å². The van der Waals surface area contributed by atoms with Gasteiger partial charge in [-0.1, -0.05) is 294 Å². The predicted octanol–water partition coefficient (Wildman–Crippen LogP) is 19.1. The molecule has 1 rings (SSSR count). The van der Waals surface area contributed by atoms with Gasteiger partial charge in [0.2, 0.25) is 5.91 Å². The normalized spacial score (nSPS) is 19.1. The standard InChI is InChI=1S/C77H127NO8/c1-3-5-7-9-11-13-15-17-19-21-23-25-27-29-31-33-34-35-36-37-38-39-41-43-45-47-49-51-53-55-57-59-61-63-65-67-73(81)78-70(69-85-77-76(84)75(83)74(82)72(68-79)86-77)71(80)66-64-62-60-58-56-54-52-50-48-46-44-42-40-32-30-28-26-24-22-20-18-16-14-12-10-8-6-4-2/h5,7,11,13,17,19,23,25,29,31,34-35,37-38,41,43,47-50,53,55-56,58,64,66,70-72,74-77,79-80,82-84H,3-4,6,8-10,12,14-16,18,20-22,24,26-28,30,32-33,36,39-40,42,44-46,51-52,54,57,59-63,65,67-69H2,1-2H3,(H,78,81)/b7-5-,13-11-,19-17-,25-23-,31-29-,35-34-,38-37-,43-41-,49-47-,50-48+,55-53-,58-56+,66-64+. The molecule has 0 spiro atoms. The molecule has 1 fully saturated rings. The highest BCUT2D eigenvalue weighted by Gasteiger charge is 2.44. The second kappa shape index (κ2) is 63.8. The molecule has 0 aromatic carbocycles. The first-order chi connectivity index (χ1) is 42.3. The van der Waals surface area contributed by atoms with E-state index in [1.54, 1.807) is 6.08 Å². The predicted molar refractivity (Wildman–Crippen MR) is 368 cm³/mol. The zero-order valence-corrected chi connectivity index (χ0v) is 54.5. The van der Waals surface area contributed by atoms with Gasteiger partial charge in [0.05, 0.1) is 25.4 Å². The van der Waals surface area contributed by atoms with Gasteiger partial charge in [-0.3, -0.25) is 4.79 Å². The van der Waals surface area contributed by atoms with E-state index in [-0.39, 0.29) is 12.5 Å². The third-order valence-electron chi connectivity index (χ3n) is 15.3. The molecule has 0 bridgehead atoms. The number of carbonyl (C=O) groups excluding carboxylic acids is 1. The number of aliphatic hydroxyl groups excluding tert-OH is 5. The van der Waals surface area contributed by atoms with Crippen molar-refractivity contribution in [2.75, 3.05) is 13.2 Å². The third kappa shape index (κ3) is 51.8. The molecule has 0 aromatic rings. The molecular formula is C77H127NO8. The van der Waals surface area contributed by atoms with Crippen LogP contribution in [0, 0.1) is 0 Å². The van der Waals surface area contributed by atoms with Crippen LogP contribution in [-0.2, 0) is 14.3 Å². The van der Waals surface area contributed by atoms with E-state index in [2.05, 4.69) is 165 Å². The summed E-state index contributed by atoms with van der Waals surface area (Å²) in [6.45, 7) is 3.64. The monoisotopic (exact) mass is 1190 g/mol. The number of amides is 1. The lowest BCUT2D eigenvalue weighted by molar-refractivity contribution is -0.302. The van der Waals surface area contributed by atoms with Gasteiger partial charge in [-0.25, -0.2) is 0 Å². The molecule has 1 heterocycles. The van der Waals surface area contributed by atoms with Crippen molar-refractivity contribution >= 4 is 5.91 Å². The molecule has 0 aromatic heterocycles. The molecule has 7 unspecified atom stereocenters. The summed E-state index contributed by atoms with van der Waals surface area (Å²) in [6, 6.07) is -0.857. The van der Waals surface area contributed by atoms with Crippen molar-refractivity contribution in [2.24, 2.45) is 0 Å². The molecule has 6 N–H and O–H groups in total.